The summed E-state index contributed by atoms with van der Waals surface area (Å²) >= 11 is 0. The summed E-state index contributed by atoms with van der Waals surface area (Å²) in [6.45, 7) is 4.18. The van der Waals surface area contributed by atoms with Crippen molar-refractivity contribution in [1.29, 1.82) is 0 Å². The first-order valence-corrected chi connectivity index (χ1v) is 7.48. The van der Waals surface area contributed by atoms with E-state index in [9.17, 15) is 9.90 Å². The van der Waals surface area contributed by atoms with E-state index in [4.69, 9.17) is 5.73 Å². The maximum Gasteiger partial charge on any atom is 0.307 e. The van der Waals surface area contributed by atoms with Crippen molar-refractivity contribution in [3.8, 4) is 0 Å². The molecule has 1 aromatic heterocycles. The van der Waals surface area contributed by atoms with E-state index in [0.717, 1.165) is 36.8 Å². The fraction of sp³-hybridized carbons (Fsp3) is 0.625. The molecular weight excluding hydrogens is 252 g/mol. The lowest BCUT2D eigenvalue weighted by Crippen LogP contribution is -2.30. The van der Waals surface area contributed by atoms with Gasteiger partial charge in [0.25, 0.3) is 0 Å². The van der Waals surface area contributed by atoms with E-state index in [1.54, 1.807) is 6.20 Å². The van der Waals surface area contributed by atoms with Crippen molar-refractivity contribution >= 4 is 11.8 Å². The Morgan fingerprint density at radius 1 is 1.50 bits per heavy atom. The van der Waals surface area contributed by atoms with Crippen LogP contribution in [0, 0.1) is 18.8 Å². The van der Waals surface area contributed by atoms with Gasteiger partial charge in [-0.05, 0) is 43.7 Å². The third-order valence-corrected chi connectivity index (χ3v) is 4.58. The molecule has 1 heterocycles. The molecule has 0 aliphatic heterocycles. The number of rotatable bonds is 4. The second-order valence-corrected chi connectivity index (χ2v) is 5.95. The second-order valence-electron chi connectivity index (χ2n) is 5.95. The fourth-order valence-electron chi connectivity index (χ4n) is 3.62. The van der Waals surface area contributed by atoms with Crippen LogP contribution in [-0.4, -0.2) is 16.1 Å². The number of nitrogens with two attached hydrogens (primary N) is 1. The first-order valence-electron chi connectivity index (χ1n) is 7.48. The van der Waals surface area contributed by atoms with Crippen LogP contribution in [0.25, 0.3) is 0 Å². The van der Waals surface area contributed by atoms with Gasteiger partial charge in [-0.15, -0.1) is 0 Å². The molecular formula is C16H24N2O2. The van der Waals surface area contributed by atoms with Gasteiger partial charge in [-0.25, -0.2) is 4.98 Å². The van der Waals surface area contributed by atoms with Gasteiger partial charge in [0.1, 0.15) is 5.82 Å². The first-order chi connectivity index (χ1) is 9.54. The van der Waals surface area contributed by atoms with Gasteiger partial charge in [-0.1, -0.05) is 19.8 Å². The smallest absolute Gasteiger partial charge is 0.307 e. The molecule has 0 aromatic carbocycles. The highest BCUT2D eigenvalue weighted by atomic mass is 16.4. The van der Waals surface area contributed by atoms with E-state index in [2.05, 4.69) is 11.9 Å². The summed E-state index contributed by atoms with van der Waals surface area (Å²) in [6, 6.07) is 1.92. The number of pyridine rings is 1. The fourth-order valence-corrected chi connectivity index (χ4v) is 3.62. The van der Waals surface area contributed by atoms with Crippen LogP contribution in [0.4, 0.5) is 5.82 Å². The molecule has 1 fully saturated rings. The predicted molar refractivity (Wildman–Crippen MR) is 79.5 cm³/mol. The number of hydrogen-bond acceptors (Lipinski definition) is 3. The summed E-state index contributed by atoms with van der Waals surface area (Å²) in [5, 5.41) is 9.51. The van der Waals surface area contributed by atoms with Crippen LogP contribution in [0.15, 0.2) is 12.3 Å². The molecule has 4 heteroatoms. The van der Waals surface area contributed by atoms with Gasteiger partial charge in [-0.3, -0.25) is 4.79 Å². The average molecular weight is 276 g/mol. The van der Waals surface area contributed by atoms with E-state index in [-0.39, 0.29) is 11.8 Å². The number of anilines is 1. The highest BCUT2D eigenvalue weighted by Crippen LogP contribution is 2.44. The Bertz CT molecular complexity index is 467. The molecule has 1 aliphatic rings. The quantitative estimate of drug-likeness (QED) is 0.884. The van der Waals surface area contributed by atoms with Gasteiger partial charge in [0.2, 0.25) is 0 Å². The topological polar surface area (TPSA) is 76.2 Å². The van der Waals surface area contributed by atoms with Gasteiger partial charge >= 0.3 is 5.97 Å². The molecule has 2 rings (SSSR count). The monoisotopic (exact) mass is 276 g/mol. The van der Waals surface area contributed by atoms with Gasteiger partial charge in [0.15, 0.2) is 0 Å². The van der Waals surface area contributed by atoms with Crippen LogP contribution in [-0.2, 0) is 4.79 Å². The van der Waals surface area contributed by atoms with E-state index >= 15 is 0 Å². The lowest BCUT2D eigenvalue weighted by Gasteiger charge is -2.35. The Hall–Kier alpha value is -1.58. The second kappa shape index (κ2) is 6.25. The summed E-state index contributed by atoms with van der Waals surface area (Å²) < 4.78 is 0. The van der Waals surface area contributed by atoms with Crippen molar-refractivity contribution in [2.75, 3.05) is 5.73 Å². The van der Waals surface area contributed by atoms with E-state index in [1.165, 1.54) is 6.42 Å². The minimum absolute atomic E-state index is 0.00602. The van der Waals surface area contributed by atoms with Gasteiger partial charge in [0.05, 0.1) is 5.92 Å². The summed E-state index contributed by atoms with van der Waals surface area (Å²) in [5.41, 5.74) is 8.05. The van der Waals surface area contributed by atoms with Crippen molar-refractivity contribution in [2.24, 2.45) is 11.8 Å². The molecule has 3 N–H and O–H groups in total. The zero-order valence-electron chi connectivity index (χ0n) is 12.3. The van der Waals surface area contributed by atoms with E-state index in [1.807, 2.05) is 13.0 Å². The third kappa shape index (κ3) is 2.94. The molecule has 3 atom stereocenters. The van der Waals surface area contributed by atoms with Crippen LogP contribution < -0.4 is 5.73 Å². The zero-order valence-corrected chi connectivity index (χ0v) is 12.3. The number of aliphatic carboxylic acids is 1. The average Bonchev–Trinajstić information content (AvgIpc) is 2.39. The number of aryl methyl sites for hydroxylation is 1. The minimum atomic E-state index is -0.701. The van der Waals surface area contributed by atoms with Crippen LogP contribution >= 0.6 is 0 Å². The predicted octanol–water partition coefficient (Wildman–Crippen LogP) is 3.36. The summed E-state index contributed by atoms with van der Waals surface area (Å²) in [5.74, 6) is 0.0883. The lowest BCUT2D eigenvalue weighted by atomic mass is 9.69. The Balaban J connectivity index is 2.34. The number of carboxylic acid groups (broad SMARTS) is 1. The number of aromatic nitrogens is 1. The molecule has 0 saturated heterocycles. The van der Waals surface area contributed by atoms with Crippen molar-refractivity contribution in [3.63, 3.8) is 0 Å². The van der Waals surface area contributed by atoms with Crippen molar-refractivity contribution in [2.45, 2.75) is 51.9 Å². The first kappa shape index (κ1) is 14.8. The van der Waals surface area contributed by atoms with E-state index < -0.39 is 5.97 Å². The van der Waals surface area contributed by atoms with Crippen LogP contribution in [0.2, 0.25) is 0 Å². The Labute approximate surface area is 120 Å². The zero-order chi connectivity index (χ0) is 14.7. The normalized spacial score (nSPS) is 26.4. The number of nitrogen functional groups attached to an aromatic ring is 1. The molecule has 3 unspecified atom stereocenters. The number of hydrogen-bond donors (Lipinski definition) is 2. The molecule has 0 amide bonds. The summed E-state index contributed by atoms with van der Waals surface area (Å²) in [4.78, 5) is 15.7. The number of carboxylic acids is 1. The van der Waals surface area contributed by atoms with Gasteiger partial charge in [-0.2, -0.15) is 0 Å². The molecule has 0 radical (unpaired) electrons. The lowest BCUT2D eigenvalue weighted by molar-refractivity contribution is -0.143. The minimum Gasteiger partial charge on any atom is -0.481 e. The molecule has 1 aliphatic carbocycles. The molecule has 0 bridgehead atoms. The molecule has 0 spiro atoms. The summed E-state index contributed by atoms with van der Waals surface area (Å²) in [7, 11) is 0. The van der Waals surface area contributed by atoms with Crippen molar-refractivity contribution < 1.29 is 9.90 Å². The van der Waals surface area contributed by atoms with Gasteiger partial charge in [0, 0.05) is 17.7 Å². The maximum atomic E-state index is 11.6. The Morgan fingerprint density at radius 3 is 2.85 bits per heavy atom. The highest BCUT2D eigenvalue weighted by Gasteiger charge is 2.37. The molecule has 110 valence electrons. The molecule has 1 aromatic rings. The molecule has 20 heavy (non-hydrogen) atoms. The molecule has 4 nitrogen and oxygen atoms in total. The third-order valence-electron chi connectivity index (χ3n) is 4.58. The Kier molecular flexibility index (Phi) is 4.63. The highest BCUT2D eigenvalue weighted by molar-refractivity contribution is 5.72. The SMILES string of the molecule is CCCC1CCC(C(=O)O)C(c2c(C)ccnc2N)C1. The van der Waals surface area contributed by atoms with Crippen LogP contribution in [0.3, 0.4) is 0 Å². The van der Waals surface area contributed by atoms with Crippen molar-refractivity contribution in [1.82, 2.24) is 4.98 Å². The maximum absolute atomic E-state index is 11.6. The number of nitrogens with zero attached hydrogens (tertiary/aromatic N) is 1. The van der Waals surface area contributed by atoms with Crippen molar-refractivity contribution in [3.05, 3.63) is 23.4 Å². The number of carbonyl (C=O) groups is 1. The van der Waals surface area contributed by atoms with E-state index in [0.29, 0.717) is 11.7 Å². The van der Waals surface area contributed by atoms with Gasteiger partial charge < -0.3 is 10.8 Å². The summed E-state index contributed by atoms with van der Waals surface area (Å²) in [6.07, 6.45) is 6.69. The van der Waals surface area contributed by atoms with Crippen LogP contribution in [0.1, 0.15) is 56.1 Å². The largest absolute Gasteiger partial charge is 0.481 e. The Morgan fingerprint density at radius 2 is 2.25 bits per heavy atom. The molecule has 1 saturated carbocycles. The standard InChI is InChI=1S/C16H24N2O2/c1-3-4-11-5-6-12(16(19)20)13(9-11)14-10(2)7-8-18-15(14)17/h7-8,11-13H,3-6,9H2,1-2H3,(H2,17,18)(H,19,20). The van der Waals surface area contributed by atoms with Crippen LogP contribution in [0.5, 0.6) is 0 Å².